The van der Waals surface area contributed by atoms with Crippen molar-refractivity contribution in [1.29, 1.82) is 0 Å². The Hall–Kier alpha value is -2.66. The maximum Gasteiger partial charge on any atom is 0.411 e. The van der Waals surface area contributed by atoms with Gasteiger partial charge in [-0.1, -0.05) is 11.6 Å². The monoisotopic (exact) mass is 486 g/mol. The molecule has 3 rings (SSSR count). The molecule has 1 aromatic carbocycles. The maximum absolute atomic E-state index is 13.5. The molecule has 2 aromatic rings. The number of aromatic nitrogens is 2. The van der Waals surface area contributed by atoms with Crippen molar-refractivity contribution in [3.63, 3.8) is 0 Å². The van der Waals surface area contributed by atoms with Crippen LogP contribution in [0.1, 0.15) is 45.5 Å². The molecule has 2 atom stereocenters. The summed E-state index contributed by atoms with van der Waals surface area (Å²) < 4.78 is 29.7. The number of ether oxygens (including phenoxy) is 2. The van der Waals surface area contributed by atoms with E-state index in [1.54, 1.807) is 20.8 Å². The first-order valence-electron chi connectivity index (χ1n) is 9.94. The van der Waals surface area contributed by atoms with Crippen molar-refractivity contribution in [2.75, 3.05) is 13.2 Å². The van der Waals surface area contributed by atoms with E-state index >= 15 is 0 Å². The highest BCUT2D eigenvalue weighted by molar-refractivity contribution is 7.71. The second-order valence-electron chi connectivity index (χ2n) is 8.31. The predicted molar refractivity (Wildman–Crippen MR) is 115 cm³/mol. The van der Waals surface area contributed by atoms with Crippen molar-refractivity contribution in [3.05, 3.63) is 39.8 Å². The third-order valence-corrected chi connectivity index (χ3v) is 5.06. The van der Waals surface area contributed by atoms with Gasteiger partial charge in [0.25, 0.3) is 10.7 Å². The smallest absolute Gasteiger partial charge is 0.411 e. The van der Waals surface area contributed by atoms with Crippen LogP contribution in [0.25, 0.3) is 0 Å². The number of hydrogen-bond acceptors (Lipinski definition) is 7. The summed E-state index contributed by atoms with van der Waals surface area (Å²) in [7, 11) is 0. The Kier molecular flexibility index (Phi) is 7.40. The van der Waals surface area contributed by atoms with Crippen LogP contribution < -0.4 is 10.1 Å². The van der Waals surface area contributed by atoms with E-state index in [-0.39, 0.29) is 40.7 Å². The van der Waals surface area contributed by atoms with Crippen LogP contribution in [0.4, 0.5) is 9.18 Å². The second kappa shape index (κ2) is 9.86. The van der Waals surface area contributed by atoms with Gasteiger partial charge in [-0.15, -0.1) is 5.10 Å². The number of H-pyrrole nitrogens is 1. The van der Waals surface area contributed by atoms with Gasteiger partial charge in [0.15, 0.2) is 6.61 Å². The van der Waals surface area contributed by atoms with Crippen molar-refractivity contribution in [3.8, 4) is 5.75 Å². The quantitative estimate of drug-likeness (QED) is 0.610. The molecule has 1 saturated heterocycles. The summed E-state index contributed by atoms with van der Waals surface area (Å²) in [5.41, 5.74) is -0.703. The molecule has 2 amide bonds. The van der Waals surface area contributed by atoms with Gasteiger partial charge in [0.05, 0.1) is 5.02 Å². The van der Waals surface area contributed by atoms with Crippen molar-refractivity contribution in [2.24, 2.45) is 0 Å². The van der Waals surface area contributed by atoms with Gasteiger partial charge >= 0.3 is 6.09 Å². The van der Waals surface area contributed by atoms with Crippen LogP contribution in [0.5, 0.6) is 5.75 Å². The lowest BCUT2D eigenvalue weighted by molar-refractivity contribution is -0.124. The lowest BCUT2D eigenvalue weighted by Gasteiger charge is -2.38. The topological polar surface area (TPSA) is 110 Å². The van der Waals surface area contributed by atoms with E-state index in [2.05, 4.69) is 15.5 Å². The van der Waals surface area contributed by atoms with Crippen molar-refractivity contribution < 1.29 is 27.9 Å². The van der Waals surface area contributed by atoms with Gasteiger partial charge in [-0.3, -0.25) is 9.69 Å². The number of halogens is 2. The zero-order valence-corrected chi connectivity index (χ0v) is 19.4. The third-order valence-electron chi connectivity index (χ3n) is 4.58. The molecule has 9 nitrogen and oxygen atoms in total. The van der Waals surface area contributed by atoms with Crippen LogP contribution >= 0.6 is 23.8 Å². The minimum atomic E-state index is -0.703. The Labute approximate surface area is 194 Å². The Bertz CT molecular complexity index is 1040. The van der Waals surface area contributed by atoms with E-state index in [1.807, 2.05) is 0 Å². The second-order valence-corrected chi connectivity index (χ2v) is 9.08. The highest BCUT2D eigenvalue weighted by Gasteiger charge is 2.38. The zero-order chi connectivity index (χ0) is 23.5. The third kappa shape index (κ3) is 6.42. The zero-order valence-electron chi connectivity index (χ0n) is 17.8. The number of hydrogen-bond donors (Lipinski definition) is 2. The molecule has 12 heteroatoms. The van der Waals surface area contributed by atoms with Gasteiger partial charge in [-0.25, -0.2) is 14.3 Å². The predicted octanol–water partition coefficient (Wildman–Crippen LogP) is 4.16. The molecule has 0 spiro atoms. The number of piperidine rings is 1. The number of rotatable bonds is 5. The fourth-order valence-corrected chi connectivity index (χ4v) is 3.49. The molecule has 1 aliphatic heterocycles. The number of nitrogens with one attached hydrogen (secondary N) is 2. The first kappa shape index (κ1) is 24.0. The summed E-state index contributed by atoms with van der Waals surface area (Å²) in [4.78, 5) is 26.7. The molecule has 0 bridgehead atoms. The van der Waals surface area contributed by atoms with E-state index in [0.29, 0.717) is 12.8 Å². The van der Waals surface area contributed by atoms with Crippen LogP contribution in [0.15, 0.2) is 22.6 Å². The molecule has 1 aliphatic rings. The number of carbonyl (C=O) groups excluding carboxylic acids is 2. The molecule has 0 radical (unpaired) electrons. The number of likely N-dealkylation sites (tertiary alicyclic amines) is 1. The SMILES string of the molecule is CC(C)(C)OC(=O)N1C[C@@H](NC(=O)COc2ccc(Cl)c(F)c2)CC[C@@H]1c1n[nH]c(=S)o1. The normalized spacial score (nSPS) is 18.8. The molecular weight excluding hydrogens is 463 g/mol. The lowest BCUT2D eigenvalue weighted by atomic mass is 9.98. The minimum absolute atomic E-state index is 0.0346. The number of amides is 2. The van der Waals surface area contributed by atoms with E-state index < -0.39 is 29.5 Å². The van der Waals surface area contributed by atoms with E-state index in [9.17, 15) is 14.0 Å². The van der Waals surface area contributed by atoms with Gasteiger partial charge in [-0.05, 0) is 58.0 Å². The molecule has 0 saturated carbocycles. The molecule has 2 N–H and O–H groups in total. The summed E-state index contributed by atoms with van der Waals surface area (Å²) in [6.45, 7) is 5.15. The van der Waals surface area contributed by atoms with Crippen LogP contribution in [-0.2, 0) is 9.53 Å². The Balaban J connectivity index is 1.63. The maximum atomic E-state index is 13.5. The Morgan fingerprint density at radius 2 is 2.16 bits per heavy atom. The first-order valence-corrected chi connectivity index (χ1v) is 10.7. The van der Waals surface area contributed by atoms with E-state index in [4.69, 9.17) is 37.7 Å². The van der Waals surface area contributed by atoms with Gasteiger partial charge in [0.2, 0.25) is 5.89 Å². The molecular formula is C20H24ClFN4O5S. The molecule has 0 unspecified atom stereocenters. The summed E-state index contributed by atoms with van der Waals surface area (Å²) in [6.07, 6.45) is 0.468. The summed E-state index contributed by atoms with van der Waals surface area (Å²) in [6, 6.07) is 3.08. The summed E-state index contributed by atoms with van der Waals surface area (Å²) in [5.74, 6) is -0.591. The van der Waals surface area contributed by atoms with Crippen LogP contribution in [0, 0.1) is 10.7 Å². The first-order chi connectivity index (χ1) is 15.0. The summed E-state index contributed by atoms with van der Waals surface area (Å²) in [5, 5.41) is 9.39. The van der Waals surface area contributed by atoms with Crippen molar-refractivity contribution in [1.82, 2.24) is 20.4 Å². The van der Waals surface area contributed by atoms with E-state index in [0.717, 1.165) is 6.07 Å². The Morgan fingerprint density at radius 1 is 1.41 bits per heavy atom. The van der Waals surface area contributed by atoms with Crippen molar-refractivity contribution in [2.45, 2.75) is 51.3 Å². The fraction of sp³-hybridized carbons (Fsp3) is 0.500. The van der Waals surface area contributed by atoms with Crippen LogP contribution in [0.3, 0.4) is 0 Å². The highest BCUT2D eigenvalue weighted by Crippen LogP contribution is 2.31. The largest absolute Gasteiger partial charge is 0.484 e. The highest BCUT2D eigenvalue weighted by atomic mass is 35.5. The van der Waals surface area contributed by atoms with Gasteiger partial charge in [-0.2, -0.15) is 0 Å². The van der Waals surface area contributed by atoms with E-state index in [1.165, 1.54) is 17.0 Å². The van der Waals surface area contributed by atoms with Gasteiger partial charge in [0, 0.05) is 18.7 Å². The van der Waals surface area contributed by atoms with Gasteiger partial charge in [0.1, 0.15) is 23.2 Å². The fourth-order valence-electron chi connectivity index (χ4n) is 3.24. The number of aromatic amines is 1. The summed E-state index contributed by atoms with van der Waals surface area (Å²) >= 11 is 10.6. The average Bonchev–Trinajstić information content (AvgIpc) is 3.13. The molecule has 32 heavy (non-hydrogen) atoms. The average molecular weight is 487 g/mol. The molecule has 174 valence electrons. The number of benzene rings is 1. The standard InChI is InChI=1S/C20H24ClFN4O5S/c1-20(2,3)31-19(28)26-9-11(4-7-15(26)17-24-25-18(32)30-17)23-16(27)10-29-12-5-6-13(21)14(22)8-12/h5-6,8,11,15H,4,7,9-10H2,1-3H3,(H,23,27)(H,25,32)/t11-,15+/m0/s1. The number of carbonyl (C=O) groups is 2. The molecule has 2 heterocycles. The molecule has 0 aliphatic carbocycles. The van der Waals surface area contributed by atoms with Gasteiger partial charge < -0.3 is 19.2 Å². The molecule has 1 aromatic heterocycles. The van der Waals surface area contributed by atoms with Crippen LogP contribution in [0.2, 0.25) is 5.02 Å². The molecule has 1 fully saturated rings. The minimum Gasteiger partial charge on any atom is -0.484 e. The van der Waals surface area contributed by atoms with Crippen molar-refractivity contribution >= 4 is 35.8 Å². The Morgan fingerprint density at radius 3 is 2.78 bits per heavy atom. The lowest BCUT2D eigenvalue weighted by Crippen LogP contribution is -2.52. The number of nitrogens with zero attached hydrogens (tertiary/aromatic N) is 2. The van der Waals surface area contributed by atoms with Crippen LogP contribution in [-0.4, -0.2) is 51.9 Å².